The van der Waals surface area contributed by atoms with Crippen LogP contribution in [0, 0.1) is 5.82 Å². The molecular formula is C11H14ClFN2O. The molecule has 1 amide bonds. The van der Waals surface area contributed by atoms with Crippen LogP contribution in [0.3, 0.4) is 0 Å². The highest BCUT2D eigenvalue weighted by atomic mass is 35.5. The standard InChI is InChI=1S/C11H14ClFN2O/c1-2-7(6-14)15-11(16)8-4-3-5-9(13)10(8)12/h3-5,7H,2,6,14H2,1H3,(H,15,16). The highest BCUT2D eigenvalue weighted by molar-refractivity contribution is 6.34. The van der Waals surface area contributed by atoms with Gasteiger partial charge in [-0.1, -0.05) is 24.6 Å². The summed E-state index contributed by atoms with van der Waals surface area (Å²) < 4.78 is 13.1. The average molecular weight is 245 g/mol. The van der Waals surface area contributed by atoms with Crippen LogP contribution in [0.25, 0.3) is 0 Å². The topological polar surface area (TPSA) is 55.1 Å². The second-order valence-corrected chi connectivity index (χ2v) is 3.79. The fraction of sp³-hybridized carbons (Fsp3) is 0.364. The summed E-state index contributed by atoms with van der Waals surface area (Å²) in [5.41, 5.74) is 5.59. The third kappa shape index (κ3) is 2.93. The van der Waals surface area contributed by atoms with Crippen molar-refractivity contribution in [3.05, 3.63) is 34.6 Å². The lowest BCUT2D eigenvalue weighted by atomic mass is 10.1. The Morgan fingerprint density at radius 2 is 2.31 bits per heavy atom. The van der Waals surface area contributed by atoms with Crippen molar-refractivity contribution >= 4 is 17.5 Å². The number of hydrogen-bond acceptors (Lipinski definition) is 2. The van der Waals surface area contributed by atoms with Gasteiger partial charge >= 0.3 is 0 Å². The van der Waals surface area contributed by atoms with E-state index in [0.717, 1.165) is 6.42 Å². The maximum atomic E-state index is 13.1. The fourth-order valence-electron chi connectivity index (χ4n) is 1.27. The summed E-state index contributed by atoms with van der Waals surface area (Å²) in [6.45, 7) is 2.25. The zero-order chi connectivity index (χ0) is 12.1. The number of benzene rings is 1. The van der Waals surface area contributed by atoms with Crippen LogP contribution in [-0.2, 0) is 0 Å². The molecule has 0 saturated carbocycles. The minimum atomic E-state index is -0.602. The average Bonchev–Trinajstić information content (AvgIpc) is 2.29. The zero-order valence-corrected chi connectivity index (χ0v) is 9.72. The highest BCUT2D eigenvalue weighted by Crippen LogP contribution is 2.19. The Hall–Kier alpha value is -1.13. The summed E-state index contributed by atoms with van der Waals surface area (Å²) in [5, 5.41) is 2.53. The lowest BCUT2D eigenvalue weighted by molar-refractivity contribution is 0.0937. The van der Waals surface area contributed by atoms with Gasteiger partial charge in [0.2, 0.25) is 0 Å². The van der Waals surface area contributed by atoms with Crippen molar-refractivity contribution in [2.75, 3.05) is 6.54 Å². The van der Waals surface area contributed by atoms with Gasteiger partial charge in [0, 0.05) is 12.6 Å². The summed E-state index contributed by atoms with van der Waals surface area (Å²) >= 11 is 5.69. The van der Waals surface area contributed by atoms with Crippen molar-refractivity contribution in [3.8, 4) is 0 Å². The van der Waals surface area contributed by atoms with Gasteiger partial charge in [-0.15, -0.1) is 0 Å². The Bertz CT molecular complexity index is 380. The number of carbonyl (C=O) groups excluding carboxylic acids is 1. The molecule has 0 fully saturated rings. The monoisotopic (exact) mass is 244 g/mol. The maximum Gasteiger partial charge on any atom is 0.253 e. The largest absolute Gasteiger partial charge is 0.348 e. The Morgan fingerprint density at radius 3 is 2.88 bits per heavy atom. The molecule has 0 aliphatic rings. The van der Waals surface area contributed by atoms with Crippen LogP contribution < -0.4 is 11.1 Å². The van der Waals surface area contributed by atoms with Gasteiger partial charge in [-0.05, 0) is 18.6 Å². The van der Waals surface area contributed by atoms with Gasteiger partial charge in [0.25, 0.3) is 5.91 Å². The molecule has 1 aromatic carbocycles. The summed E-state index contributed by atoms with van der Waals surface area (Å²) in [6, 6.07) is 4.01. The predicted octanol–water partition coefficient (Wildman–Crippen LogP) is 1.95. The number of halogens is 2. The van der Waals surface area contributed by atoms with Gasteiger partial charge in [0.15, 0.2) is 0 Å². The number of amides is 1. The van der Waals surface area contributed by atoms with Crippen molar-refractivity contribution in [1.82, 2.24) is 5.32 Å². The molecule has 1 aromatic rings. The normalized spacial score (nSPS) is 12.2. The lowest BCUT2D eigenvalue weighted by Gasteiger charge is -2.15. The predicted molar refractivity (Wildman–Crippen MR) is 62.0 cm³/mol. The van der Waals surface area contributed by atoms with Crippen molar-refractivity contribution in [2.45, 2.75) is 19.4 Å². The quantitative estimate of drug-likeness (QED) is 0.851. The third-order valence-corrected chi connectivity index (χ3v) is 2.69. The van der Waals surface area contributed by atoms with Crippen molar-refractivity contribution < 1.29 is 9.18 Å². The molecule has 0 saturated heterocycles. The van der Waals surface area contributed by atoms with E-state index >= 15 is 0 Å². The molecule has 0 aliphatic heterocycles. The number of carbonyl (C=O) groups is 1. The van der Waals surface area contributed by atoms with Crippen LogP contribution in [-0.4, -0.2) is 18.5 Å². The summed E-state index contributed by atoms with van der Waals surface area (Å²) in [4.78, 5) is 11.7. The first kappa shape index (κ1) is 12.9. The van der Waals surface area contributed by atoms with E-state index in [2.05, 4.69) is 5.32 Å². The summed E-state index contributed by atoms with van der Waals surface area (Å²) in [7, 11) is 0. The molecule has 0 heterocycles. The molecule has 0 spiro atoms. The van der Waals surface area contributed by atoms with Crippen LogP contribution >= 0.6 is 11.6 Å². The van der Waals surface area contributed by atoms with Crippen LogP contribution in [0.15, 0.2) is 18.2 Å². The first-order valence-electron chi connectivity index (χ1n) is 5.05. The second-order valence-electron chi connectivity index (χ2n) is 3.42. The zero-order valence-electron chi connectivity index (χ0n) is 8.97. The van der Waals surface area contributed by atoms with Crippen LogP contribution in [0.4, 0.5) is 4.39 Å². The molecule has 16 heavy (non-hydrogen) atoms. The minimum Gasteiger partial charge on any atom is -0.348 e. The lowest BCUT2D eigenvalue weighted by Crippen LogP contribution is -2.39. The number of hydrogen-bond donors (Lipinski definition) is 2. The Balaban J connectivity index is 2.84. The maximum absolute atomic E-state index is 13.1. The number of nitrogens with two attached hydrogens (primary N) is 1. The van der Waals surface area contributed by atoms with Gasteiger partial charge in [0.1, 0.15) is 5.82 Å². The van der Waals surface area contributed by atoms with Crippen LogP contribution in [0.5, 0.6) is 0 Å². The van der Waals surface area contributed by atoms with E-state index in [-0.39, 0.29) is 16.6 Å². The molecule has 3 N–H and O–H groups in total. The summed E-state index contributed by atoms with van der Waals surface area (Å²) in [5.74, 6) is -1.00. The highest BCUT2D eigenvalue weighted by Gasteiger charge is 2.15. The first-order chi connectivity index (χ1) is 7.60. The molecule has 1 atom stereocenters. The van der Waals surface area contributed by atoms with Gasteiger partial charge in [0.05, 0.1) is 10.6 Å². The van der Waals surface area contributed by atoms with E-state index in [9.17, 15) is 9.18 Å². The van der Waals surface area contributed by atoms with Gasteiger partial charge in [-0.3, -0.25) is 4.79 Å². The molecule has 3 nitrogen and oxygen atoms in total. The second kappa shape index (κ2) is 5.82. The van der Waals surface area contributed by atoms with E-state index in [1.54, 1.807) is 0 Å². The SMILES string of the molecule is CCC(CN)NC(=O)c1cccc(F)c1Cl. The number of rotatable bonds is 4. The van der Waals surface area contributed by atoms with Crippen molar-refractivity contribution in [2.24, 2.45) is 5.73 Å². The number of nitrogens with one attached hydrogen (secondary N) is 1. The fourth-order valence-corrected chi connectivity index (χ4v) is 1.48. The van der Waals surface area contributed by atoms with Gasteiger partial charge in [-0.2, -0.15) is 0 Å². The van der Waals surface area contributed by atoms with Crippen molar-refractivity contribution in [3.63, 3.8) is 0 Å². The Labute approximate surface area is 98.8 Å². The molecule has 0 bridgehead atoms. The first-order valence-corrected chi connectivity index (χ1v) is 5.42. The molecule has 1 rings (SSSR count). The molecule has 0 radical (unpaired) electrons. The molecule has 5 heteroatoms. The van der Waals surface area contributed by atoms with E-state index in [1.165, 1.54) is 18.2 Å². The Kier molecular flexibility index (Phi) is 4.71. The minimum absolute atomic E-state index is 0.119. The Morgan fingerprint density at radius 1 is 1.62 bits per heavy atom. The van der Waals surface area contributed by atoms with E-state index in [0.29, 0.717) is 6.54 Å². The van der Waals surface area contributed by atoms with E-state index in [1.807, 2.05) is 6.92 Å². The molecule has 0 aromatic heterocycles. The molecule has 1 unspecified atom stereocenters. The molecule has 0 aliphatic carbocycles. The van der Waals surface area contributed by atoms with Crippen LogP contribution in [0.2, 0.25) is 5.02 Å². The third-order valence-electron chi connectivity index (χ3n) is 2.31. The smallest absolute Gasteiger partial charge is 0.253 e. The van der Waals surface area contributed by atoms with Gasteiger partial charge in [-0.25, -0.2) is 4.39 Å². The molecule has 88 valence electrons. The van der Waals surface area contributed by atoms with E-state index < -0.39 is 11.7 Å². The van der Waals surface area contributed by atoms with E-state index in [4.69, 9.17) is 17.3 Å². The van der Waals surface area contributed by atoms with Gasteiger partial charge < -0.3 is 11.1 Å². The summed E-state index contributed by atoms with van der Waals surface area (Å²) in [6.07, 6.45) is 0.717. The molecular weight excluding hydrogens is 231 g/mol. The van der Waals surface area contributed by atoms with Crippen molar-refractivity contribution in [1.29, 1.82) is 0 Å². The van der Waals surface area contributed by atoms with Crippen LogP contribution in [0.1, 0.15) is 23.7 Å².